The van der Waals surface area contributed by atoms with Gasteiger partial charge in [0.1, 0.15) is 0 Å². The zero-order valence-electron chi connectivity index (χ0n) is 19.2. The van der Waals surface area contributed by atoms with Crippen LogP contribution in [-0.4, -0.2) is 57.8 Å². The summed E-state index contributed by atoms with van der Waals surface area (Å²) in [6.45, 7) is 2.92. The van der Waals surface area contributed by atoms with Crippen LogP contribution in [0.3, 0.4) is 0 Å². The van der Waals surface area contributed by atoms with Crippen molar-refractivity contribution in [1.29, 1.82) is 0 Å². The number of hydrogen-bond donors (Lipinski definition) is 0. The number of nitrogens with zero attached hydrogens (tertiary/aromatic N) is 4. The van der Waals surface area contributed by atoms with Crippen LogP contribution in [0, 0.1) is 5.41 Å². The summed E-state index contributed by atoms with van der Waals surface area (Å²) in [4.78, 5) is 40.5. The van der Waals surface area contributed by atoms with Crippen LogP contribution in [0.4, 0.5) is 0 Å². The van der Waals surface area contributed by atoms with Gasteiger partial charge in [0.25, 0.3) is 5.91 Å². The first-order valence-electron chi connectivity index (χ1n) is 12.0. The average molecular weight is 497 g/mol. The number of halogens is 1. The fourth-order valence-electron chi connectivity index (χ4n) is 5.52. The Labute approximate surface area is 208 Å². The van der Waals surface area contributed by atoms with Crippen LogP contribution < -0.4 is 0 Å². The number of carbonyl (C=O) groups excluding carboxylic acids is 2. The third-order valence-electron chi connectivity index (χ3n) is 7.21. The van der Waals surface area contributed by atoms with Crippen molar-refractivity contribution >= 4 is 45.5 Å². The summed E-state index contributed by atoms with van der Waals surface area (Å²) in [6, 6.07) is 5.69. The van der Waals surface area contributed by atoms with Gasteiger partial charge in [-0.3, -0.25) is 19.6 Å². The molecule has 2 saturated heterocycles. The first-order valence-corrected chi connectivity index (χ1v) is 13.2. The quantitative estimate of drug-likeness (QED) is 0.499. The topological polar surface area (TPSA) is 66.4 Å². The lowest BCUT2D eigenvalue weighted by Crippen LogP contribution is -2.47. The maximum Gasteiger partial charge on any atom is 0.256 e. The van der Waals surface area contributed by atoms with E-state index in [0.717, 1.165) is 67.3 Å². The third kappa shape index (κ3) is 4.96. The fourth-order valence-corrected chi connectivity index (χ4v) is 6.59. The smallest absolute Gasteiger partial charge is 0.256 e. The van der Waals surface area contributed by atoms with E-state index in [1.54, 1.807) is 24.8 Å². The number of hydrogen-bond acceptors (Lipinski definition) is 5. The van der Waals surface area contributed by atoms with Crippen LogP contribution in [0.2, 0.25) is 4.34 Å². The number of aromatic nitrogens is 2. The minimum absolute atomic E-state index is 0.0286. The zero-order chi connectivity index (χ0) is 23.5. The zero-order valence-corrected chi connectivity index (χ0v) is 20.8. The molecule has 0 aromatic carbocycles. The Kier molecular flexibility index (Phi) is 6.84. The summed E-state index contributed by atoms with van der Waals surface area (Å²) >= 11 is 7.54. The Hall–Kier alpha value is -2.51. The normalized spacial score (nSPS) is 21.4. The molecule has 34 heavy (non-hydrogen) atoms. The molecule has 2 fully saturated rings. The molecule has 1 atom stereocenters. The van der Waals surface area contributed by atoms with Gasteiger partial charge >= 0.3 is 0 Å². The van der Waals surface area contributed by atoms with Crippen LogP contribution in [0.15, 0.2) is 43.0 Å². The minimum Gasteiger partial charge on any atom is -0.342 e. The van der Waals surface area contributed by atoms with Crippen LogP contribution in [0.25, 0.3) is 10.8 Å². The summed E-state index contributed by atoms with van der Waals surface area (Å²) < 4.78 is 0.715. The fraction of sp³-hybridized carbons (Fsp3) is 0.462. The Morgan fingerprint density at radius 1 is 0.941 bits per heavy atom. The van der Waals surface area contributed by atoms with Gasteiger partial charge in [0, 0.05) is 72.0 Å². The molecule has 178 valence electrons. The number of thiophene rings is 1. The van der Waals surface area contributed by atoms with E-state index in [1.807, 2.05) is 28.0 Å². The first kappa shape index (κ1) is 23.2. The van der Waals surface area contributed by atoms with Crippen molar-refractivity contribution in [3.63, 3.8) is 0 Å². The van der Waals surface area contributed by atoms with Crippen LogP contribution in [0.1, 0.15) is 53.8 Å². The molecule has 5 rings (SSSR count). The maximum atomic E-state index is 13.7. The number of carbonyl (C=O) groups is 2. The van der Waals surface area contributed by atoms with Crippen molar-refractivity contribution < 1.29 is 9.59 Å². The van der Waals surface area contributed by atoms with E-state index >= 15 is 0 Å². The number of amides is 2. The van der Waals surface area contributed by atoms with E-state index in [0.29, 0.717) is 29.4 Å². The van der Waals surface area contributed by atoms with Crippen molar-refractivity contribution in [1.82, 2.24) is 19.8 Å². The third-order valence-corrected chi connectivity index (χ3v) is 8.44. The van der Waals surface area contributed by atoms with Gasteiger partial charge in [0.05, 0.1) is 16.3 Å². The second-order valence-electron chi connectivity index (χ2n) is 9.62. The molecule has 2 aliphatic heterocycles. The number of likely N-dealkylation sites (tertiary alicyclic amines) is 2. The lowest BCUT2D eigenvalue weighted by atomic mass is 9.78. The summed E-state index contributed by atoms with van der Waals surface area (Å²) in [5, 5.41) is 1.76. The lowest BCUT2D eigenvalue weighted by Gasteiger charge is -2.38. The van der Waals surface area contributed by atoms with Gasteiger partial charge in [-0.15, -0.1) is 11.3 Å². The Bertz CT molecular complexity index is 1190. The van der Waals surface area contributed by atoms with Crippen molar-refractivity contribution in [2.45, 2.75) is 44.9 Å². The summed E-state index contributed by atoms with van der Waals surface area (Å²) in [5.74, 6) is 0.189. The average Bonchev–Trinajstić information content (AvgIpc) is 3.03. The predicted molar refractivity (Wildman–Crippen MR) is 135 cm³/mol. The second-order valence-corrected chi connectivity index (χ2v) is 11.4. The van der Waals surface area contributed by atoms with E-state index in [9.17, 15) is 9.59 Å². The van der Waals surface area contributed by atoms with Crippen LogP contribution >= 0.6 is 22.9 Å². The predicted octanol–water partition coefficient (Wildman–Crippen LogP) is 5.21. The molecule has 1 unspecified atom stereocenters. The van der Waals surface area contributed by atoms with E-state index in [1.165, 1.54) is 11.3 Å². The molecule has 3 aromatic rings. The molecule has 2 amide bonds. The highest BCUT2D eigenvalue weighted by Crippen LogP contribution is 2.38. The van der Waals surface area contributed by atoms with Crippen LogP contribution in [0.5, 0.6) is 0 Å². The monoisotopic (exact) mass is 496 g/mol. The molecule has 2 aliphatic rings. The Balaban J connectivity index is 1.37. The van der Waals surface area contributed by atoms with Gasteiger partial charge in [-0.25, -0.2) is 0 Å². The highest BCUT2D eigenvalue weighted by atomic mass is 35.5. The van der Waals surface area contributed by atoms with Gasteiger partial charge < -0.3 is 9.80 Å². The lowest BCUT2D eigenvalue weighted by molar-refractivity contribution is -0.131. The molecule has 5 heterocycles. The Morgan fingerprint density at radius 2 is 1.68 bits per heavy atom. The first-order chi connectivity index (χ1) is 16.5. The summed E-state index contributed by atoms with van der Waals surface area (Å²) in [6.07, 6.45) is 13.5. The molecule has 0 bridgehead atoms. The van der Waals surface area contributed by atoms with Gasteiger partial charge in [-0.05, 0) is 43.9 Å². The van der Waals surface area contributed by atoms with Crippen LogP contribution in [-0.2, 0) is 11.2 Å². The van der Waals surface area contributed by atoms with Crippen molar-refractivity contribution in [3.05, 3.63) is 57.8 Å². The van der Waals surface area contributed by atoms with E-state index in [2.05, 4.69) is 9.97 Å². The SMILES string of the molecule is O=C(Cc1ccc(Cl)s1)N1CCCCC2(CCCCN(C(=O)c3cncc4cnccc34)C2)C1. The van der Waals surface area contributed by atoms with Crippen molar-refractivity contribution in [2.75, 3.05) is 26.2 Å². The van der Waals surface area contributed by atoms with Crippen molar-refractivity contribution in [2.24, 2.45) is 5.41 Å². The molecule has 8 heteroatoms. The van der Waals surface area contributed by atoms with Gasteiger partial charge in [-0.2, -0.15) is 0 Å². The van der Waals surface area contributed by atoms with E-state index in [-0.39, 0.29) is 17.2 Å². The second kappa shape index (κ2) is 10.0. The highest BCUT2D eigenvalue weighted by Gasteiger charge is 2.39. The molecule has 3 aromatic heterocycles. The van der Waals surface area contributed by atoms with Gasteiger partial charge in [-0.1, -0.05) is 24.4 Å². The van der Waals surface area contributed by atoms with E-state index < -0.39 is 0 Å². The van der Waals surface area contributed by atoms with Gasteiger partial charge in [0.2, 0.25) is 5.91 Å². The molecule has 0 aliphatic carbocycles. The summed E-state index contributed by atoms with van der Waals surface area (Å²) in [7, 11) is 0. The largest absolute Gasteiger partial charge is 0.342 e. The molecule has 0 saturated carbocycles. The molecule has 1 spiro atoms. The highest BCUT2D eigenvalue weighted by molar-refractivity contribution is 7.16. The summed E-state index contributed by atoms with van der Waals surface area (Å²) in [5.41, 5.74) is 0.568. The van der Waals surface area contributed by atoms with Gasteiger partial charge in [0.15, 0.2) is 0 Å². The van der Waals surface area contributed by atoms with E-state index in [4.69, 9.17) is 11.6 Å². The molecular weight excluding hydrogens is 468 g/mol. The number of rotatable bonds is 3. The number of pyridine rings is 2. The molecule has 0 radical (unpaired) electrons. The standard InChI is InChI=1S/C26H29ClN4O2S/c27-23-6-5-20(34-23)13-24(32)30-11-3-1-8-26(17-30)9-2-4-12-31(18-26)25(33)22-16-29-15-19-14-28-10-7-21(19)22/h5-7,10,14-16H,1-4,8-9,11-13,17-18H2. The molecule has 0 N–H and O–H groups in total. The Morgan fingerprint density at radius 3 is 2.44 bits per heavy atom. The molecular formula is C26H29ClN4O2S. The molecule has 6 nitrogen and oxygen atoms in total. The maximum absolute atomic E-state index is 13.7. The minimum atomic E-state index is -0.0645. The van der Waals surface area contributed by atoms with Crippen molar-refractivity contribution in [3.8, 4) is 0 Å². The number of fused-ring (bicyclic) bond motifs is 1.